The van der Waals surface area contributed by atoms with Gasteiger partial charge in [-0.25, -0.2) is 13.6 Å². The highest BCUT2D eigenvalue weighted by molar-refractivity contribution is 6.47. The van der Waals surface area contributed by atoms with Gasteiger partial charge >= 0.3 is 5.97 Å². The summed E-state index contributed by atoms with van der Waals surface area (Å²) in [5, 5.41) is 6.07. The molecule has 9 heteroatoms. The van der Waals surface area contributed by atoms with E-state index in [1.54, 1.807) is 20.9 Å². The van der Waals surface area contributed by atoms with Crippen LogP contribution in [0.4, 0.5) is 14.5 Å². The van der Waals surface area contributed by atoms with Gasteiger partial charge in [-0.15, -0.1) is 0 Å². The van der Waals surface area contributed by atoms with Gasteiger partial charge < -0.3 is 10.1 Å². The lowest BCUT2D eigenvalue weighted by molar-refractivity contribution is -0.112. The Labute approximate surface area is 141 Å². The van der Waals surface area contributed by atoms with Crippen LogP contribution in [0, 0.1) is 25.5 Å². The van der Waals surface area contributed by atoms with Crippen LogP contribution < -0.4 is 5.32 Å². The highest BCUT2D eigenvalue weighted by Gasteiger charge is 2.25. The summed E-state index contributed by atoms with van der Waals surface area (Å²) in [5.41, 5.74) is -0.182. The molecular formula is C16H15F2N3O4. The fourth-order valence-corrected chi connectivity index (χ4v) is 2.31. The van der Waals surface area contributed by atoms with Crippen LogP contribution in [-0.2, 0) is 16.6 Å². The summed E-state index contributed by atoms with van der Waals surface area (Å²) in [6, 6.07) is 1.19. The number of halogens is 2. The number of hydrogen-bond donors (Lipinski definition) is 1. The molecule has 0 spiro atoms. The molecule has 1 aromatic carbocycles. The minimum atomic E-state index is -1.15. The molecule has 2 rings (SSSR count). The molecular weight excluding hydrogens is 336 g/mol. The summed E-state index contributed by atoms with van der Waals surface area (Å²) in [6.07, 6.45) is 0. The zero-order valence-corrected chi connectivity index (χ0v) is 13.9. The van der Waals surface area contributed by atoms with Crippen molar-refractivity contribution < 1.29 is 27.9 Å². The second-order valence-electron chi connectivity index (χ2n) is 5.26. The summed E-state index contributed by atoms with van der Waals surface area (Å²) in [5.74, 6) is -5.39. The molecule has 0 saturated heterocycles. The SMILES string of the molecule is COC(=O)c1cc(NC(=O)C(=O)c2c(C)nn(C)c2C)c(F)cc1F. The fraction of sp³-hybridized carbons (Fsp3) is 0.250. The number of esters is 1. The van der Waals surface area contributed by atoms with Crippen LogP contribution in [0.2, 0.25) is 0 Å². The zero-order valence-electron chi connectivity index (χ0n) is 13.9. The minimum absolute atomic E-state index is 0.0933. The molecule has 0 bridgehead atoms. The van der Waals surface area contributed by atoms with E-state index in [1.807, 2.05) is 5.32 Å². The minimum Gasteiger partial charge on any atom is -0.465 e. The van der Waals surface area contributed by atoms with Gasteiger partial charge in [0.2, 0.25) is 0 Å². The Morgan fingerprint density at radius 3 is 2.32 bits per heavy atom. The average Bonchev–Trinajstić information content (AvgIpc) is 2.81. The molecule has 2 aromatic rings. The van der Waals surface area contributed by atoms with E-state index in [9.17, 15) is 23.2 Å². The van der Waals surface area contributed by atoms with Crippen LogP contribution in [0.5, 0.6) is 0 Å². The molecule has 25 heavy (non-hydrogen) atoms. The maximum atomic E-state index is 13.9. The Morgan fingerprint density at radius 2 is 1.80 bits per heavy atom. The number of ketones is 1. The second-order valence-corrected chi connectivity index (χ2v) is 5.26. The predicted molar refractivity (Wildman–Crippen MR) is 83.3 cm³/mol. The molecule has 0 aliphatic rings. The van der Waals surface area contributed by atoms with Crippen molar-refractivity contribution in [3.8, 4) is 0 Å². The van der Waals surface area contributed by atoms with E-state index in [2.05, 4.69) is 9.84 Å². The van der Waals surface area contributed by atoms with E-state index in [0.29, 0.717) is 17.5 Å². The van der Waals surface area contributed by atoms with Crippen LogP contribution in [-0.4, -0.2) is 34.6 Å². The summed E-state index contributed by atoms with van der Waals surface area (Å²) in [6.45, 7) is 3.16. The fourth-order valence-electron chi connectivity index (χ4n) is 2.31. The number of aromatic nitrogens is 2. The number of carbonyl (C=O) groups excluding carboxylic acids is 3. The molecule has 1 amide bonds. The first kappa shape index (κ1) is 18.2. The molecule has 0 atom stereocenters. The zero-order chi connectivity index (χ0) is 18.9. The predicted octanol–water partition coefficient (Wildman–Crippen LogP) is 1.92. The molecule has 1 heterocycles. The highest BCUT2D eigenvalue weighted by Crippen LogP contribution is 2.21. The molecule has 0 aliphatic heterocycles. The Hall–Kier alpha value is -3.10. The number of anilines is 1. The van der Waals surface area contributed by atoms with Crippen molar-refractivity contribution >= 4 is 23.3 Å². The lowest BCUT2D eigenvalue weighted by atomic mass is 10.1. The maximum Gasteiger partial charge on any atom is 0.340 e. The molecule has 0 fully saturated rings. The quantitative estimate of drug-likeness (QED) is 0.516. The average molecular weight is 351 g/mol. The van der Waals surface area contributed by atoms with Gasteiger partial charge in [0.15, 0.2) is 0 Å². The highest BCUT2D eigenvalue weighted by atomic mass is 19.1. The third-order valence-corrected chi connectivity index (χ3v) is 3.65. The molecule has 1 N–H and O–H groups in total. The van der Waals surface area contributed by atoms with Crippen molar-refractivity contribution in [2.45, 2.75) is 13.8 Å². The van der Waals surface area contributed by atoms with Crippen LogP contribution in [0.25, 0.3) is 0 Å². The van der Waals surface area contributed by atoms with E-state index < -0.39 is 40.5 Å². The number of ether oxygens (including phenoxy) is 1. The monoisotopic (exact) mass is 351 g/mol. The van der Waals surface area contributed by atoms with Crippen molar-refractivity contribution in [1.82, 2.24) is 9.78 Å². The summed E-state index contributed by atoms with van der Waals surface area (Å²) < 4.78 is 33.3. The van der Waals surface area contributed by atoms with Gasteiger partial charge in [-0.1, -0.05) is 0 Å². The Balaban J connectivity index is 2.34. The van der Waals surface area contributed by atoms with E-state index >= 15 is 0 Å². The molecule has 0 unspecified atom stereocenters. The summed E-state index contributed by atoms with van der Waals surface area (Å²) in [4.78, 5) is 35.9. The maximum absolute atomic E-state index is 13.9. The number of amides is 1. The molecule has 0 saturated carbocycles. The number of methoxy groups -OCH3 is 1. The van der Waals surface area contributed by atoms with Crippen LogP contribution in [0.15, 0.2) is 12.1 Å². The number of rotatable bonds is 4. The van der Waals surface area contributed by atoms with Gasteiger partial charge in [-0.3, -0.25) is 14.3 Å². The first-order chi connectivity index (χ1) is 11.7. The van der Waals surface area contributed by atoms with E-state index in [4.69, 9.17) is 0 Å². The number of carbonyl (C=O) groups is 3. The standard InChI is InChI=1S/C16H15F2N3O4/c1-7-13(8(2)21(3)20-7)14(22)15(23)19-12-5-9(16(24)25-4)10(17)6-11(12)18/h5-6H,1-4H3,(H,19,23). The van der Waals surface area contributed by atoms with Gasteiger partial charge in [-0.2, -0.15) is 5.10 Å². The molecule has 1 aromatic heterocycles. The number of nitrogens with zero attached hydrogens (tertiary/aromatic N) is 2. The van der Waals surface area contributed by atoms with E-state index in [1.165, 1.54) is 4.68 Å². The van der Waals surface area contributed by atoms with Gasteiger partial charge in [0, 0.05) is 18.8 Å². The summed E-state index contributed by atoms with van der Waals surface area (Å²) in [7, 11) is 2.64. The Morgan fingerprint density at radius 1 is 1.16 bits per heavy atom. The Bertz CT molecular complexity index is 890. The second kappa shape index (κ2) is 6.80. The van der Waals surface area contributed by atoms with Crippen molar-refractivity contribution in [3.63, 3.8) is 0 Å². The van der Waals surface area contributed by atoms with E-state index in [-0.39, 0.29) is 5.56 Å². The van der Waals surface area contributed by atoms with Crippen LogP contribution in [0.3, 0.4) is 0 Å². The van der Waals surface area contributed by atoms with Crippen LogP contribution in [0.1, 0.15) is 32.1 Å². The van der Waals surface area contributed by atoms with Gasteiger partial charge in [0.1, 0.15) is 11.6 Å². The van der Waals surface area contributed by atoms with E-state index in [0.717, 1.165) is 13.2 Å². The lowest BCUT2D eigenvalue weighted by Gasteiger charge is -2.09. The Kier molecular flexibility index (Phi) is 4.96. The van der Waals surface area contributed by atoms with Gasteiger partial charge in [0.05, 0.1) is 29.6 Å². The number of nitrogens with one attached hydrogen (secondary N) is 1. The molecule has 0 aliphatic carbocycles. The van der Waals surface area contributed by atoms with Gasteiger partial charge in [0.25, 0.3) is 11.7 Å². The van der Waals surface area contributed by atoms with Crippen molar-refractivity contribution in [1.29, 1.82) is 0 Å². The molecule has 132 valence electrons. The first-order valence-electron chi connectivity index (χ1n) is 7.10. The number of aryl methyl sites for hydroxylation is 2. The van der Waals surface area contributed by atoms with Crippen molar-refractivity contribution in [2.24, 2.45) is 7.05 Å². The van der Waals surface area contributed by atoms with Crippen LogP contribution >= 0.6 is 0 Å². The normalized spacial score (nSPS) is 10.5. The third kappa shape index (κ3) is 3.39. The number of hydrogen-bond acceptors (Lipinski definition) is 5. The number of benzene rings is 1. The number of Topliss-reactive ketones (excluding diaryl/α,β-unsaturated/α-hetero) is 1. The smallest absolute Gasteiger partial charge is 0.340 e. The lowest BCUT2D eigenvalue weighted by Crippen LogP contribution is -2.25. The van der Waals surface area contributed by atoms with Crippen molar-refractivity contribution in [2.75, 3.05) is 12.4 Å². The summed E-state index contributed by atoms with van der Waals surface area (Å²) >= 11 is 0. The first-order valence-corrected chi connectivity index (χ1v) is 7.10. The topological polar surface area (TPSA) is 90.3 Å². The molecule has 7 nitrogen and oxygen atoms in total. The van der Waals surface area contributed by atoms with Gasteiger partial charge in [-0.05, 0) is 19.9 Å². The third-order valence-electron chi connectivity index (χ3n) is 3.65. The molecule has 0 radical (unpaired) electrons. The van der Waals surface area contributed by atoms with Crippen molar-refractivity contribution in [3.05, 3.63) is 46.3 Å². The largest absolute Gasteiger partial charge is 0.465 e.